The summed E-state index contributed by atoms with van der Waals surface area (Å²) in [5.74, 6) is 3.52. The molecule has 6 heteroatoms. The number of amides is 1. The minimum Gasteiger partial charge on any atom is -0.486 e. The van der Waals surface area contributed by atoms with Crippen molar-refractivity contribution in [1.82, 2.24) is 5.32 Å². The van der Waals surface area contributed by atoms with Gasteiger partial charge in [0.05, 0.1) is 12.5 Å². The van der Waals surface area contributed by atoms with E-state index in [-0.39, 0.29) is 30.5 Å². The summed E-state index contributed by atoms with van der Waals surface area (Å²) in [4.78, 5) is 24.8. The lowest BCUT2D eigenvalue weighted by Gasteiger charge is -2.53. The van der Waals surface area contributed by atoms with E-state index in [4.69, 9.17) is 14.2 Å². The second-order valence-electron chi connectivity index (χ2n) is 8.87. The van der Waals surface area contributed by atoms with Crippen molar-refractivity contribution >= 4 is 11.9 Å². The van der Waals surface area contributed by atoms with Gasteiger partial charge in [0.1, 0.15) is 12.7 Å². The Bertz CT molecular complexity index is 735. The number of para-hydroxylation sites is 2. The molecule has 6 rings (SSSR count). The van der Waals surface area contributed by atoms with Crippen molar-refractivity contribution in [3.8, 4) is 11.5 Å². The molecule has 0 spiro atoms. The lowest BCUT2D eigenvalue weighted by Crippen LogP contribution is -2.49. The average Bonchev–Trinajstić information content (AvgIpc) is 2.69. The molecule has 4 aliphatic carbocycles. The monoisotopic (exact) mass is 385 g/mol. The molecule has 4 bridgehead atoms. The van der Waals surface area contributed by atoms with E-state index in [0.29, 0.717) is 30.7 Å². The van der Waals surface area contributed by atoms with Crippen LogP contribution in [0.25, 0.3) is 0 Å². The Morgan fingerprint density at radius 1 is 1.00 bits per heavy atom. The molecule has 4 fully saturated rings. The van der Waals surface area contributed by atoms with Crippen LogP contribution in [-0.4, -0.2) is 37.7 Å². The highest BCUT2D eigenvalue weighted by molar-refractivity contribution is 5.81. The second-order valence-corrected chi connectivity index (χ2v) is 8.87. The third-order valence-electron chi connectivity index (χ3n) is 6.94. The van der Waals surface area contributed by atoms with Gasteiger partial charge in [0.25, 0.3) is 5.91 Å². The van der Waals surface area contributed by atoms with Crippen LogP contribution >= 0.6 is 0 Å². The van der Waals surface area contributed by atoms with E-state index in [2.05, 4.69) is 5.32 Å². The molecule has 0 aromatic heterocycles. The number of hydrogen-bond donors (Lipinski definition) is 1. The molecular formula is C22H27NO5. The summed E-state index contributed by atoms with van der Waals surface area (Å²) < 4.78 is 16.9. The van der Waals surface area contributed by atoms with Crippen LogP contribution in [0.1, 0.15) is 32.1 Å². The zero-order valence-corrected chi connectivity index (χ0v) is 16.0. The van der Waals surface area contributed by atoms with Crippen molar-refractivity contribution in [2.24, 2.45) is 29.6 Å². The Balaban J connectivity index is 1.07. The number of ether oxygens (including phenoxy) is 3. The van der Waals surface area contributed by atoms with E-state index in [1.165, 1.54) is 32.1 Å². The van der Waals surface area contributed by atoms with Gasteiger partial charge in [0, 0.05) is 0 Å². The minimum absolute atomic E-state index is 0.00665. The van der Waals surface area contributed by atoms with Crippen molar-refractivity contribution < 1.29 is 23.8 Å². The predicted molar refractivity (Wildman–Crippen MR) is 101 cm³/mol. The van der Waals surface area contributed by atoms with Gasteiger partial charge in [-0.2, -0.15) is 0 Å². The van der Waals surface area contributed by atoms with E-state index in [1.807, 2.05) is 24.3 Å². The number of esters is 1. The molecule has 1 aromatic rings. The second kappa shape index (κ2) is 7.30. The zero-order chi connectivity index (χ0) is 19.1. The smallest absolute Gasteiger partial charge is 0.310 e. The zero-order valence-electron chi connectivity index (χ0n) is 16.0. The van der Waals surface area contributed by atoms with E-state index < -0.39 is 0 Å². The standard InChI is InChI=1S/C22H27NO5/c24-20(23-10-17-11-26-18-3-1-2-4-19(18)28-17)12-27-22(25)21-15-6-13-5-14(8-15)9-16(21)7-13/h1-4,13-17,21H,5-12H2,(H,23,24)/t13?,14?,15?,16?,17-,21?/m1/s1. The first-order valence-corrected chi connectivity index (χ1v) is 10.5. The Morgan fingerprint density at radius 2 is 1.68 bits per heavy atom. The van der Waals surface area contributed by atoms with Gasteiger partial charge in [-0.15, -0.1) is 0 Å². The van der Waals surface area contributed by atoms with Crippen LogP contribution in [0, 0.1) is 29.6 Å². The van der Waals surface area contributed by atoms with Crippen molar-refractivity contribution in [2.45, 2.75) is 38.2 Å². The van der Waals surface area contributed by atoms with Crippen LogP contribution in [0.2, 0.25) is 0 Å². The van der Waals surface area contributed by atoms with Crippen LogP contribution in [0.3, 0.4) is 0 Å². The molecule has 5 aliphatic rings. The van der Waals surface area contributed by atoms with Crippen molar-refractivity contribution in [2.75, 3.05) is 19.8 Å². The first-order chi connectivity index (χ1) is 13.7. The van der Waals surface area contributed by atoms with Crippen LogP contribution in [-0.2, 0) is 14.3 Å². The SMILES string of the molecule is O=C(COC(=O)C1C2CC3CC(C2)CC1C3)NC[C@@H]1COc2ccccc2O1. The fraction of sp³-hybridized carbons (Fsp3) is 0.636. The normalized spacial score (nSPS) is 34.7. The highest BCUT2D eigenvalue weighted by Gasteiger charge is 2.51. The van der Waals surface area contributed by atoms with E-state index >= 15 is 0 Å². The Morgan fingerprint density at radius 3 is 2.39 bits per heavy atom. The summed E-state index contributed by atoms with van der Waals surface area (Å²) >= 11 is 0. The van der Waals surface area contributed by atoms with E-state index in [0.717, 1.165) is 17.6 Å². The molecule has 1 amide bonds. The van der Waals surface area contributed by atoms with Gasteiger partial charge < -0.3 is 19.5 Å². The van der Waals surface area contributed by atoms with E-state index in [1.54, 1.807) is 0 Å². The maximum absolute atomic E-state index is 12.6. The topological polar surface area (TPSA) is 73.9 Å². The van der Waals surface area contributed by atoms with Crippen molar-refractivity contribution in [3.63, 3.8) is 0 Å². The number of fused-ring (bicyclic) bond motifs is 1. The molecule has 0 radical (unpaired) electrons. The Kier molecular flexibility index (Phi) is 4.65. The number of carbonyl (C=O) groups is 2. The summed E-state index contributed by atoms with van der Waals surface area (Å²) in [5, 5.41) is 2.78. The molecule has 1 aromatic carbocycles. The number of carbonyl (C=O) groups excluding carboxylic acids is 2. The first-order valence-electron chi connectivity index (χ1n) is 10.5. The van der Waals surface area contributed by atoms with Gasteiger partial charge >= 0.3 is 5.97 Å². The summed E-state index contributed by atoms with van der Waals surface area (Å²) in [6.07, 6.45) is 5.77. The molecule has 1 N–H and O–H groups in total. The van der Waals surface area contributed by atoms with Gasteiger partial charge in [0.2, 0.25) is 0 Å². The summed E-state index contributed by atoms with van der Waals surface area (Å²) in [5.41, 5.74) is 0. The molecule has 0 saturated heterocycles. The largest absolute Gasteiger partial charge is 0.486 e. The van der Waals surface area contributed by atoms with Gasteiger partial charge in [-0.05, 0) is 67.9 Å². The van der Waals surface area contributed by atoms with Crippen LogP contribution in [0.5, 0.6) is 11.5 Å². The minimum atomic E-state index is -0.292. The van der Waals surface area contributed by atoms with E-state index in [9.17, 15) is 9.59 Å². The van der Waals surface area contributed by atoms with Gasteiger partial charge in [-0.3, -0.25) is 9.59 Å². The van der Waals surface area contributed by atoms with Crippen molar-refractivity contribution in [1.29, 1.82) is 0 Å². The van der Waals surface area contributed by atoms with Gasteiger partial charge in [-0.1, -0.05) is 12.1 Å². The number of hydrogen-bond acceptors (Lipinski definition) is 5. The third-order valence-corrected chi connectivity index (χ3v) is 6.94. The molecule has 1 heterocycles. The quantitative estimate of drug-likeness (QED) is 0.789. The molecular weight excluding hydrogens is 358 g/mol. The highest BCUT2D eigenvalue weighted by Crippen LogP contribution is 2.56. The fourth-order valence-electron chi connectivity index (χ4n) is 5.99. The molecule has 1 aliphatic heterocycles. The number of benzene rings is 1. The Labute approximate surface area is 164 Å². The fourth-order valence-corrected chi connectivity index (χ4v) is 5.99. The number of nitrogens with one attached hydrogen (secondary N) is 1. The number of rotatable bonds is 5. The first kappa shape index (κ1) is 17.8. The van der Waals surface area contributed by atoms with Crippen molar-refractivity contribution in [3.05, 3.63) is 24.3 Å². The molecule has 6 nitrogen and oxygen atoms in total. The van der Waals surface area contributed by atoms with Crippen LogP contribution in [0.15, 0.2) is 24.3 Å². The third kappa shape index (κ3) is 3.45. The van der Waals surface area contributed by atoms with Gasteiger partial charge in [-0.25, -0.2) is 0 Å². The molecule has 4 saturated carbocycles. The van der Waals surface area contributed by atoms with Crippen LogP contribution in [0.4, 0.5) is 0 Å². The van der Waals surface area contributed by atoms with Crippen LogP contribution < -0.4 is 14.8 Å². The molecule has 1 atom stereocenters. The maximum Gasteiger partial charge on any atom is 0.310 e. The summed E-state index contributed by atoms with van der Waals surface area (Å²) in [6, 6.07) is 7.47. The molecule has 150 valence electrons. The Hall–Kier alpha value is -2.24. The average molecular weight is 385 g/mol. The lowest BCUT2D eigenvalue weighted by molar-refractivity contribution is -0.164. The molecule has 0 unspecified atom stereocenters. The summed E-state index contributed by atoms with van der Waals surface area (Å²) in [6.45, 7) is 0.486. The summed E-state index contributed by atoms with van der Waals surface area (Å²) in [7, 11) is 0. The molecule has 28 heavy (non-hydrogen) atoms. The highest BCUT2D eigenvalue weighted by atomic mass is 16.6. The lowest BCUT2D eigenvalue weighted by atomic mass is 9.52. The maximum atomic E-state index is 12.6. The predicted octanol–water partition coefficient (Wildman–Crippen LogP) is 2.56. The van der Waals surface area contributed by atoms with Gasteiger partial charge in [0.15, 0.2) is 18.1 Å².